The van der Waals surface area contributed by atoms with Gasteiger partial charge in [-0.2, -0.15) is 0 Å². The Hall–Kier alpha value is -0.810. The summed E-state index contributed by atoms with van der Waals surface area (Å²) >= 11 is 0. The molecule has 3 aliphatic rings. The Morgan fingerprint density at radius 1 is 1.14 bits per heavy atom. The lowest BCUT2D eigenvalue weighted by molar-refractivity contribution is -0.141. The second-order valence-electron chi connectivity index (χ2n) is 7.02. The number of rotatable bonds is 2. The standard InChI is InChI=1S/C16H27N3O2.ClH/c1-11(20)19-7-3-4-12(10-19)16(21)18(2)15-8-13-5-6-14(9-15)17-13;/h12-15,17H,3-10H2,1-2H3;1H. The van der Waals surface area contributed by atoms with Crippen molar-refractivity contribution in [2.45, 2.75) is 63.6 Å². The lowest BCUT2D eigenvalue weighted by atomic mass is 9.93. The highest BCUT2D eigenvalue weighted by Gasteiger charge is 2.38. The third-order valence-electron chi connectivity index (χ3n) is 5.56. The zero-order valence-electron chi connectivity index (χ0n) is 13.6. The first-order chi connectivity index (χ1) is 10.0. The van der Waals surface area contributed by atoms with Gasteiger partial charge in [-0.05, 0) is 38.5 Å². The zero-order chi connectivity index (χ0) is 15.0. The van der Waals surface area contributed by atoms with Gasteiger partial charge in [-0.25, -0.2) is 0 Å². The highest BCUT2D eigenvalue weighted by Crippen LogP contribution is 2.30. The van der Waals surface area contributed by atoms with Crippen molar-refractivity contribution in [1.82, 2.24) is 15.1 Å². The van der Waals surface area contributed by atoms with Gasteiger partial charge in [0.25, 0.3) is 0 Å². The quantitative estimate of drug-likeness (QED) is 0.833. The summed E-state index contributed by atoms with van der Waals surface area (Å²) in [7, 11) is 1.96. The third kappa shape index (κ3) is 3.57. The topological polar surface area (TPSA) is 52.7 Å². The van der Waals surface area contributed by atoms with E-state index in [4.69, 9.17) is 0 Å². The Morgan fingerprint density at radius 2 is 1.77 bits per heavy atom. The average molecular weight is 330 g/mol. The largest absolute Gasteiger partial charge is 0.342 e. The number of carbonyl (C=O) groups is 2. The molecule has 0 radical (unpaired) electrons. The molecule has 3 unspecified atom stereocenters. The zero-order valence-corrected chi connectivity index (χ0v) is 14.4. The smallest absolute Gasteiger partial charge is 0.227 e. The molecule has 1 N–H and O–H groups in total. The summed E-state index contributed by atoms with van der Waals surface area (Å²) in [6.07, 6.45) is 6.55. The van der Waals surface area contributed by atoms with Crippen molar-refractivity contribution in [2.75, 3.05) is 20.1 Å². The molecule has 126 valence electrons. The summed E-state index contributed by atoms with van der Waals surface area (Å²) in [4.78, 5) is 28.1. The molecule has 2 amide bonds. The molecule has 3 fully saturated rings. The molecule has 3 saturated heterocycles. The van der Waals surface area contributed by atoms with E-state index in [1.54, 1.807) is 6.92 Å². The molecule has 3 rings (SSSR count). The Labute approximate surface area is 139 Å². The summed E-state index contributed by atoms with van der Waals surface area (Å²) in [5.41, 5.74) is 0. The van der Waals surface area contributed by atoms with E-state index in [0.717, 1.165) is 32.2 Å². The van der Waals surface area contributed by atoms with Crippen LogP contribution in [0.25, 0.3) is 0 Å². The molecule has 3 atom stereocenters. The van der Waals surface area contributed by atoms with Crippen LogP contribution >= 0.6 is 12.4 Å². The van der Waals surface area contributed by atoms with Crippen molar-refractivity contribution in [3.63, 3.8) is 0 Å². The predicted molar refractivity (Wildman–Crippen MR) is 88.0 cm³/mol. The van der Waals surface area contributed by atoms with E-state index in [2.05, 4.69) is 5.32 Å². The van der Waals surface area contributed by atoms with Crippen LogP contribution < -0.4 is 5.32 Å². The number of amides is 2. The molecule has 0 saturated carbocycles. The molecule has 22 heavy (non-hydrogen) atoms. The SMILES string of the molecule is CC(=O)N1CCCC(C(=O)N(C)C2CC3CCC(C2)N3)C1.Cl. The Balaban J connectivity index is 0.00000176. The second-order valence-corrected chi connectivity index (χ2v) is 7.02. The molecule has 0 aliphatic carbocycles. The Morgan fingerprint density at radius 3 is 2.36 bits per heavy atom. The maximum absolute atomic E-state index is 12.8. The normalized spacial score (nSPS) is 34.0. The summed E-state index contributed by atoms with van der Waals surface area (Å²) in [6, 6.07) is 1.58. The molecule has 0 spiro atoms. The fraction of sp³-hybridized carbons (Fsp3) is 0.875. The van der Waals surface area contributed by atoms with Crippen LogP contribution in [0, 0.1) is 5.92 Å². The lowest BCUT2D eigenvalue weighted by Crippen LogP contribution is -2.52. The van der Waals surface area contributed by atoms with Crippen LogP contribution in [0.3, 0.4) is 0 Å². The van der Waals surface area contributed by atoms with Gasteiger partial charge < -0.3 is 15.1 Å². The number of likely N-dealkylation sites (tertiary alicyclic amines) is 1. The van der Waals surface area contributed by atoms with Gasteiger partial charge in [-0.15, -0.1) is 12.4 Å². The van der Waals surface area contributed by atoms with Crippen LogP contribution in [-0.4, -0.2) is 59.9 Å². The number of nitrogens with zero attached hydrogens (tertiary/aromatic N) is 2. The summed E-state index contributed by atoms with van der Waals surface area (Å²) in [6.45, 7) is 3.01. The van der Waals surface area contributed by atoms with Crippen molar-refractivity contribution in [2.24, 2.45) is 5.92 Å². The number of hydrogen-bond acceptors (Lipinski definition) is 3. The van der Waals surface area contributed by atoms with Crippen LogP contribution in [-0.2, 0) is 9.59 Å². The summed E-state index contributed by atoms with van der Waals surface area (Å²) in [5, 5.41) is 3.62. The maximum Gasteiger partial charge on any atom is 0.227 e. The molecule has 6 heteroatoms. The molecule has 0 aromatic rings. The van der Waals surface area contributed by atoms with E-state index in [1.165, 1.54) is 12.8 Å². The molecule has 0 aromatic heterocycles. The van der Waals surface area contributed by atoms with Crippen molar-refractivity contribution in [1.29, 1.82) is 0 Å². The van der Waals surface area contributed by atoms with Gasteiger partial charge in [0.2, 0.25) is 11.8 Å². The van der Waals surface area contributed by atoms with Crippen LogP contribution in [0.4, 0.5) is 0 Å². The lowest BCUT2D eigenvalue weighted by Gasteiger charge is -2.39. The molecular weight excluding hydrogens is 302 g/mol. The van der Waals surface area contributed by atoms with E-state index in [9.17, 15) is 9.59 Å². The van der Waals surface area contributed by atoms with Crippen molar-refractivity contribution in [3.05, 3.63) is 0 Å². The fourth-order valence-corrected chi connectivity index (χ4v) is 4.28. The minimum Gasteiger partial charge on any atom is -0.342 e. The van der Waals surface area contributed by atoms with Crippen molar-refractivity contribution in [3.8, 4) is 0 Å². The maximum atomic E-state index is 12.8. The first-order valence-corrected chi connectivity index (χ1v) is 8.33. The predicted octanol–water partition coefficient (Wildman–Crippen LogP) is 1.41. The van der Waals surface area contributed by atoms with Crippen LogP contribution in [0.1, 0.15) is 45.4 Å². The number of piperidine rings is 2. The highest BCUT2D eigenvalue weighted by molar-refractivity contribution is 5.85. The van der Waals surface area contributed by atoms with Gasteiger partial charge in [0.1, 0.15) is 0 Å². The van der Waals surface area contributed by atoms with Gasteiger partial charge in [0.05, 0.1) is 5.92 Å². The summed E-state index contributed by atoms with van der Waals surface area (Å²) < 4.78 is 0. The minimum atomic E-state index is 0. The van der Waals surface area contributed by atoms with E-state index in [-0.39, 0.29) is 30.1 Å². The number of fused-ring (bicyclic) bond motifs is 2. The van der Waals surface area contributed by atoms with Crippen LogP contribution in [0.2, 0.25) is 0 Å². The first-order valence-electron chi connectivity index (χ1n) is 8.33. The van der Waals surface area contributed by atoms with E-state index < -0.39 is 0 Å². The molecular formula is C16H28ClN3O2. The molecule has 5 nitrogen and oxygen atoms in total. The van der Waals surface area contributed by atoms with Crippen LogP contribution in [0.5, 0.6) is 0 Å². The number of halogens is 1. The first kappa shape index (κ1) is 17.5. The molecule has 0 aromatic carbocycles. The summed E-state index contributed by atoms with van der Waals surface area (Å²) in [5.74, 6) is 0.336. The fourth-order valence-electron chi connectivity index (χ4n) is 4.28. The molecule has 3 heterocycles. The second kappa shape index (κ2) is 7.18. The van der Waals surface area contributed by atoms with Gasteiger partial charge in [0, 0.05) is 45.2 Å². The average Bonchev–Trinajstić information content (AvgIpc) is 2.84. The van der Waals surface area contributed by atoms with Gasteiger partial charge in [-0.3, -0.25) is 9.59 Å². The number of nitrogens with one attached hydrogen (secondary N) is 1. The van der Waals surface area contributed by atoms with Gasteiger partial charge in [0.15, 0.2) is 0 Å². The van der Waals surface area contributed by atoms with Gasteiger partial charge in [-0.1, -0.05) is 0 Å². The number of hydrogen-bond donors (Lipinski definition) is 1. The van der Waals surface area contributed by atoms with E-state index in [0.29, 0.717) is 24.7 Å². The molecule has 2 bridgehead atoms. The van der Waals surface area contributed by atoms with Gasteiger partial charge >= 0.3 is 0 Å². The number of carbonyl (C=O) groups excluding carboxylic acids is 2. The van der Waals surface area contributed by atoms with E-state index >= 15 is 0 Å². The van der Waals surface area contributed by atoms with Crippen LogP contribution in [0.15, 0.2) is 0 Å². The Kier molecular flexibility index (Phi) is 5.72. The van der Waals surface area contributed by atoms with Crippen molar-refractivity contribution >= 4 is 24.2 Å². The molecule has 3 aliphatic heterocycles. The highest BCUT2D eigenvalue weighted by atomic mass is 35.5. The minimum absolute atomic E-state index is 0. The third-order valence-corrected chi connectivity index (χ3v) is 5.56. The monoisotopic (exact) mass is 329 g/mol. The Bertz CT molecular complexity index is 420. The van der Waals surface area contributed by atoms with Crippen molar-refractivity contribution < 1.29 is 9.59 Å². The van der Waals surface area contributed by atoms with E-state index in [1.807, 2.05) is 16.8 Å².